The minimum atomic E-state index is -0.110. The van der Waals surface area contributed by atoms with Crippen molar-refractivity contribution in [2.45, 2.75) is 12.8 Å². The highest BCUT2D eigenvalue weighted by molar-refractivity contribution is 8.76. The summed E-state index contributed by atoms with van der Waals surface area (Å²) in [4.78, 5) is 10.5. The molecule has 0 saturated heterocycles. The van der Waals surface area contributed by atoms with Gasteiger partial charge in [-0.1, -0.05) is 21.6 Å². The lowest BCUT2D eigenvalue weighted by atomic mass is 10.3. The summed E-state index contributed by atoms with van der Waals surface area (Å²) in [6.07, 6.45) is 3.49. The highest BCUT2D eigenvalue weighted by Gasteiger charge is 1.97. The number of esters is 1. The van der Waals surface area contributed by atoms with Crippen LogP contribution in [0.25, 0.3) is 0 Å². The van der Waals surface area contributed by atoms with Crippen LogP contribution in [-0.4, -0.2) is 25.1 Å². The molecule has 0 aromatic heterocycles. The summed E-state index contributed by atoms with van der Waals surface area (Å²) in [5.74, 6) is 0.915. The van der Waals surface area contributed by atoms with Crippen LogP contribution < -0.4 is 0 Å². The second kappa shape index (κ2) is 7.28. The minimum absolute atomic E-state index is 0.110. The molecule has 4 heteroatoms. The maximum Gasteiger partial charge on any atom is 0.305 e. The second-order valence-corrected chi connectivity index (χ2v) is 4.35. The number of rotatable bonds is 5. The van der Waals surface area contributed by atoms with Gasteiger partial charge in [-0.3, -0.25) is 4.79 Å². The number of methoxy groups -OCH3 is 1. The third-order valence-electron chi connectivity index (χ3n) is 0.954. The van der Waals surface area contributed by atoms with Crippen molar-refractivity contribution in [3.05, 3.63) is 0 Å². The van der Waals surface area contributed by atoms with Crippen LogP contribution in [0, 0.1) is 0 Å². The molecule has 0 atom stereocenters. The lowest BCUT2D eigenvalue weighted by molar-refractivity contribution is -0.140. The van der Waals surface area contributed by atoms with Crippen molar-refractivity contribution in [2.75, 3.05) is 19.1 Å². The summed E-state index contributed by atoms with van der Waals surface area (Å²) >= 11 is 0. The topological polar surface area (TPSA) is 26.3 Å². The Balaban J connectivity index is 2.96. The zero-order chi connectivity index (χ0) is 7.82. The van der Waals surface area contributed by atoms with E-state index in [0.29, 0.717) is 6.42 Å². The Morgan fingerprint density at radius 2 is 2.30 bits per heavy atom. The van der Waals surface area contributed by atoms with Gasteiger partial charge in [-0.05, 0) is 12.7 Å². The van der Waals surface area contributed by atoms with E-state index in [1.165, 1.54) is 7.11 Å². The summed E-state index contributed by atoms with van der Waals surface area (Å²) in [5.41, 5.74) is 0. The molecule has 0 radical (unpaired) electrons. The largest absolute Gasteiger partial charge is 0.469 e. The molecule has 0 aromatic rings. The Morgan fingerprint density at radius 1 is 1.60 bits per heavy atom. The van der Waals surface area contributed by atoms with Gasteiger partial charge in [0.05, 0.1) is 7.11 Å². The first kappa shape index (κ1) is 10.2. The molecule has 0 amide bonds. The van der Waals surface area contributed by atoms with Crippen LogP contribution in [-0.2, 0) is 9.53 Å². The maximum atomic E-state index is 10.5. The Bertz CT molecular complexity index is 95.7. The molecule has 10 heavy (non-hydrogen) atoms. The molecule has 0 bridgehead atoms. The molecule has 0 aliphatic heterocycles. The van der Waals surface area contributed by atoms with E-state index in [9.17, 15) is 4.79 Å². The van der Waals surface area contributed by atoms with Crippen LogP contribution in [0.5, 0.6) is 0 Å². The minimum Gasteiger partial charge on any atom is -0.469 e. The van der Waals surface area contributed by atoms with Crippen molar-refractivity contribution < 1.29 is 9.53 Å². The van der Waals surface area contributed by atoms with Crippen LogP contribution in [0.3, 0.4) is 0 Å². The van der Waals surface area contributed by atoms with E-state index in [2.05, 4.69) is 4.74 Å². The van der Waals surface area contributed by atoms with Gasteiger partial charge in [-0.2, -0.15) is 0 Å². The molecule has 2 nitrogen and oxygen atoms in total. The summed E-state index contributed by atoms with van der Waals surface area (Å²) in [6, 6.07) is 0. The van der Waals surface area contributed by atoms with Crippen molar-refractivity contribution in [1.29, 1.82) is 0 Å². The molecule has 0 rings (SSSR count). The third kappa shape index (κ3) is 6.29. The Hall–Kier alpha value is 0.170. The molecule has 0 fully saturated rings. The van der Waals surface area contributed by atoms with Crippen LogP contribution in [0.4, 0.5) is 0 Å². The molecular weight excluding hydrogens is 168 g/mol. The molecule has 0 aliphatic carbocycles. The zero-order valence-electron chi connectivity index (χ0n) is 6.25. The van der Waals surface area contributed by atoms with E-state index in [1.54, 1.807) is 21.6 Å². The average molecular weight is 180 g/mol. The van der Waals surface area contributed by atoms with E-state index in [4.69, 9.17) is 0 Å². The molecular formula is C6H12O2S2. The fourth-order valence-corrected chi connectivity index (χ4v) is 1.74. The summed E-state index contributed by atoms with van der Waals surface area (Å²) in [5, 5.41) is 0. The smallest absolute Gasteiger partial charge is 0.305 e. The predicted octanol–water partition coefficient (Wildman–Crippen LogP) is 1.95. The van der Waals surface area contributed by atoms with E-state index in [0.717, 1.165) is 12.2 Å². The first-order chi connectivity index (χ1) is 4.81. The first-order valence-corrected chi connectivity index (χ1v) is 5.76. The lowest BCUT2D eigenvalue weighted by Crippen LogP contribution is -1.99. The third-order valence-corrected chi connectivity index (χ3v) is 2.85. The molecule has 0 N–H and O–H groups in total. The molecule has 0 aliphatic rings. The van der Waals surface area contributed by atoms with Gasteiger partial charge in [0.1, 0.15) is 0 Å². The van der Waals surface area contributed by atoms with E-state index in [-0.39, 0.29) is 5.97 Å². The lowest BCUT2D eigenvalue weighted by Gasteiger charge is -1.96. The van der Waals surface area contributed by atoms with E-state index < -0.39 is 0 Å². The van der Waals surface area contributed by atoms with E-state index >= 15 is 0 Å². The van der Waals surface area contributed by atoms with Gasteiger partial charge in [0.15, 0.2) is 0 Å². The summed E-state index contributed by atoms with van der Waals surface area (Å²) in [6.45, 7) is 0. The number of hydrogen-bond donors (Lipinski definition) is 0. The normalized spacial score (nSPS) is 9.40. The van der Waals surface area contributed by atoms with Crippen molar-refractivity contribution in [1.82, 2.24) is 0 Å². The fraction of sp³-hybridized carbons (Fsp3) is 0.833. The quantitative estimate of drug-likeness (QED) is 0.367. The summed E-state index contributed by atoms with van der Waals surface area (Å²) in [7, 11) is 4.92. The van der Waals surface area contributed by atoms with Gasteiger partial charge >= 0.3 is 5.97 Å². The van der Waals surface area contributed by atoms with Crippen molar-refractivity contribution in [2.24, 2.45) is 0 Å². The fourth-order valence-electron chi connectivity index (χ4n) is 0.461. The molecule has 0 heterocycles. The van der Waals surface area contributed by atoms with Gasteiger partial charge < -0.3 is 4.74 Å². The van der Waals surface area contributed by atoms with Crippen LogP contribution >= 0.6 is 21.6 Å². The number of carbonyl (C=O) groups excluding carboxylic acids is 1. The van der Waals surface area contributed by atoms with Gasteiger partial charge in [-0.25, -0.2) is 0 Å². The Morgan fingerprint density at radius 3 is 2.80 bits per heavy atom. The maximum absolute atomic E-state index is 10.5. The van der Waals surface area contributed by atoms with Gasteiger partial charge in [-0.15, -0.1) is 0 Å². The SMILES string of the molecule is COC(=O)CCCSSC. The molecule has 0 spiro atoms. The van der Waals surface area contributed by atoms with Crippen LogP contribution in [0.15, 0.2) is 0 Å². The van der Waals surface area contributed by atoms with Crippen LogP contribution in [0.2, 0.25) is 0 Å². The number of ether oxygens (including phenoxy) is 1. The predicted molar refractivity (Wildman–Crippen MR) is 47.2 cm³/mol. The standard InChI is InChI=1S/C6H12O2S2/c1-8-6(7)4-3-5-10-9-2/h3-5H2,1-2H3. The van der Waals surface area contributed by atoms with Gasteiger partial charge in [0.2, 0.25) is 0 Å². The number of carbonyl (C=O) groups is 1. The molecule has 0 aromatic carbocycles. The zero-order valence-corrected chi connectivity index (χ0v) is 7.89. The van der Waals surface area contributed by atoms with Gasteiger partial charge in [0.25, 0.3) is 0 Å². The highest BCUT2D eigenvalue weighted by atomic mass is 33.1. The molecule has 60 valence electrons. The van der Waals surface area contributed by atoms with Crippen LogP contribution in [0.1, 0.15) is 12.8 Å². The number of hydrogen-bond acceptors (Lipinski definition) is 4. The van der Waals surface area contributed by atoms with Crippen molar-refractivity contribution in [3.8, 4) is 0 Å². The van der Waals surface area contributed by atoms with E-state index in [1.807, 2.05) is 6.26 Å². The average Bonchev–Trinajstić information content (AvgIpc) is 1.98. The molecule has 0 unspecified atom stereocenters. The second-order valence-electron chi connectivity index (χ2n) is 1.67. The Labute approximate surface area is 69.5 Å². The molecule has 0 saturated carbocycles. The summed E-state index contributed by atoms with van der Waals surface area (Å²) < 4.78 is 4.48. The van der Waals surface area contributed by atoms with Crippen molar-refractivity contribution >= 4 is 27.6 Å². The van der Waals surface area contributed by atoms with Crippen molar-refractivity contribution in [3.63, 3.8) is 0 Å². The van der Waals surface area contributed by atoms with Gasteiger partial charge in [0, 0.05) is 12.2 Å². The monoisotopic (exact) mass is 180 g/mol. The highest BCUT2D eigenvalue weighted by Crippen LogP contribution is 2.17. The Kier molecular flexibility index (Phi) is 7.40. The first-order valence-electron chi connectivity index (χ1n) is 3.03.